The topological polar surface area (TPSA) is 74.3 Å². The Bertz CT molecular complexity index is 644. The van der Waals surface area contributed by atoms with Gasteiger partial charge < -0.3 is 10.6 Å². The van der Waals surface area contributed by atoms with Gasteiger partial charge in [0.2, 0.25) is 11.8 Å². The molecule has 1 aliphatic heterocycles. The highest BCUT2D eigenvalue weighted by atomic mass is 16.2. The van der Waals surface area contributed by atoms with Crippen molar-refractivity contribution < 1.29 is 9.59 Å². The average Bonchev–Trinajstić information content (AvgIpc) is 2.66. The minimum atomic E-state index is -0.431. The maximum Gasteiger partial charge on any atom is 0.237 e. The molecular weight excluding hydrogens is 328 g/mol. The highest BCUT2D eigenvalue weighted by Gasteiger charge is 2.31. The molecule has 0 radical (unpaired) electrons. The normalized spacial score (nSPS) is 21.0. The number of hydrogen-bond acceptors (Lipinski definition) is 4. The fourth-order valence-electron chi connectivity index (χ4n) is 3.61. The van der Waals surface area contributed by atoms with Crippen molar-refractivity contribution >= 4 is 11.8 Å². The van der Waals surface area contributed by atoms with Crippen molar-refractivity contribution in [1.29, 1.82) is 0 Å². The Morgan fingerprint density at radius 1 is 1.35 bits per heavy atom. The second kappa shape index (κ2) is 9.48. The minimum absolute atomic E-state index is 0.0607. The number of carbonyl (C=O) groups excluding carboxylic acids is 2. The van der Waals surface area contributed by atoms with Crippen molar-refractivity contribution in [1.82, 2.24) is 20.5 Å². The number of carbonyl (C=O) groups is 2. The van der Waals surface area contributed by atoms with Crippen LogP contribution in [0, 0.1) is 0 Å². The van der Waals surface area contributed by atoms with Gasteiger partial charge in [0.1, 0.15) is 0 Å². The molecule has 140 valence electrons. The van der Waals surface area contributed by atoms with Crippen molar-refractivity contribution in [3.63, 3.8) is 0 Å². The minimum Gasteiger partial charge on any atom is -0.356 e. The van der Waals surface area contributed by atoms with Crippen molar-refractivity contribution in [2.24, 2.45) is 0 Å². The molecule has 2 N–H and O–H groups in total. The molecule has 0 spiro atoms. The monoisotopic (exact) mass is 356 g/mol. The molecule has 2 heterocycles. The molecular formula is C20H28N4O2. The van der Waals surface area contributed by atoms with Crippen molar-refractivity contribution in [3.05, 3.63) is 41.7 Å². The average molecular weight is 356 g/mol. The molecule has 1 aliphatic carbocycles. The molecule has 0 bridgehead atoms. The Hall–Kier alpha value is -2.21. The second-order valence-electron chi connectivity index (χ2n) is 7.01. The predicted molar refractivity (Wildman–Crippen MR) is 100 cm³/mol. The van der Waals surface area contributed by atoms with E-state index < -0.39 is 6.04 Å². The van der Waals surface area contributed by atoms with Crippen LogP contribution in [0.1, 0.15) is 44.2 Å². The Labute approximate surface area is 155 Å². The van der Waals surface area contributed by atoms with Crippen LogP contribution in [0.3, 0.4) is 0 Å². The molecule has 1 aromatic heterocycles. The Kier molecular flexibility index (Phi) is 6.77. The first-order valence-corrected chi connectivity index (χ1v) is 9.58. The third-order valence-electron chi connectivity index (χ3n) is 5.06. The van der Waals surface area contributed by atoms with E-state index in [1.165, 1.54) is 18.4 Å². The number of aromatic nitrogens is 1. The molecule has 6 heteroatoms. The summed E-state index contributed by atoms with van der Waals surface area (Å²) in [4.78, 5) is 31.0. The lowest BCUT2D eigenvalue weighted by atomic mass is 9.97. The molecule has 0 aromatic carbocycles. The molecule has 0 saturated carbocycles. The van der Waals surface area contributed by atoms with Crippen LogP contribution in [-0.4, -0.2) is 47.4 Å². The van der Waals surface area contributed by atoms with Crippen LogP contribution in [-0.2, 0) is 16.1 Å². The predicted octanol–water partition coefficient (Wildman–Crippen LogP) is 1.78. The second-order valence-corrected chi connectivity index (χ2v) is 7.01. The number of amides is 2. The van der Waals surface area contributed by atoms with E-state index in [1.54, 1.807) is 6.20 Å². The van der Waals surface area contributed by atoms with Crippen LogP contribution < -0.4 is 10.6 Å². The van der Waals surface area contributed by atoms with Gasteiger partial charge in [0.15, 0.2) is 0 Å². The molecule has 26 heavy (non-hydrogen) atoms. The molecule has 1 saturated heterocycles. The summed E-state index contributed by atoms with van der Waals surface area (Å²) >= 11 is 0. The fraction of sp³-hybridized carbons (Fsp3) is 0.550. The quantitative estimate of drug-likeness (QED) is 0.731. The lowest BCUT2D eigenvalue weighted by Gasteiger charge is -2.34. The van der Waals surface area contributed by atoms with E-state index in [0.717, 1.165) is 31.5 Å². The molecule has 1 fully saturated rings. The van der Waals surface area contributed by atoms with Gasteiger partial charge in [-0.2, -0.15) is 0 Å². The Balaban J connectivity index is 1.50. The summed E-state index contributed by atoms with van der Waals surface area (Å²) in [5, 5.41) is 5.85. The zero-order chi connectivity index (χ0) is 18.2. The van der Waals surface area contributed by atoms with Crippen LogP contribution in [0.25, 0.3) is 0 Å². The standard InChI is InChI=1S/C20H28N4O2/c25-19(22-11-9-16-6-2-1-3-7-16)14-18-20(26)23-12-13-24(18)15-17-8-4-5-10-21-17/h4-6,8,10,18H,1-3,7,9,11-15H2,(H,22,25)(H,23,26). The van der Waals surface area contributed by atoms with E-state index in [-0.39, 0.29) is 18.2 Å². The van der Waals surface area contributed by atoms with E-state index in [9.17, 15) is 9.59 Å². The summed E-state index contributed by atoms with van der Waals surface area (Å²) in [5.74, 6) is -0.133. The van der Waals surface area contributed by atoms with Gasteiger partial charge in [-0.3, -0.25) is 19.5 Å². The van der Waals surface area contributed by atoms with Gasteiger partial charge in [0.05, 0.1) is 18.2 Å². The van der Waals surface area contributed by atoms with Crippen molar-refractivity contribution in [2.45, 2.75) is 51.1 Å². The summed E-state index contributed by atoms with van der Waals surface area (Å²) < 4.78 is 0. The lowest BCUT2D eigenvalue weighted by molar-refractivity contribution is -0.134. The molecule has 2 aliphatic rings. The molecule has 3 rings (SSSR count). The van der Waals surface area contributed by atoms with E-state index in [1.807, 2.05) is 23.1 Å². The summed E-state index contributed by atoms with van der Waals surface area (Å²) in [6.07, 6.45) is 10.0. The molecule has 1 atom stereocenters. The number of pyridine rings is 1. The van der Waals surface area contributed by atoms with Crippen molar-refractivity contribution in [2.75, 3.05) is 19.6 Å². The number of hydrogen-bond donors (Lipinski definition) is 2. The number of piperazine rings is 1. The number of rotatable bonds is 7. The van der Waals surface area contributed by atoms with E-state index in [4.69, 9.17) is 0 Å². The van der Waals surface area contributed by atoms with Crippen LogP contribution in [0.4, 0.5) is 0 Å². The highest BCUT2D eigenvalue weighted by molar-refractivity contribution is 5.88. The third kappa shape index (κ3) is 5.39. The Morgan fingerprint density at radius 2 is 2.27 bits per heavy atom. The van der Waals surface area contributed by atoms with Crippen molar-refractivity contribution in [3.8, 4) is 0 Å². The summed E-state index contributed by atoms with van der Waals surface area (Å²) in [6, 6.07) is 5.33. The summed E-state index contributed by atoms with van der Waals surface area (Å²) in [6.45, 7) is 2.57. The maximum atomic E-state index is 12.3. The smallest absolute Gasteiger partial charge is 0.237 e. The lowest BCUT2D eigenvalue weighted by Crippen LogP contribution is -2.56. The van der Waals surface area contributed by atoms with E-state index >= 15 is 0 Å². The van der Waals surface area contributed by atoms with Crippen LogP contribution in [0.2, 0.25) is 0 Å². The third-order valence-corrected chi connectivity index (χ3v) is 5.06. The number of nitrogens with zero attached hydrogens (tertiary/aromatic N) is 2. The fourth-order valence-corrected chi connectivity index (χ4v) is 3.61. The van der Waals surface area contributed by atoms with Gasteiger partial charge in [-0.25, -0.2) is 0 Å². The summed E-state index contributed by atoms with van der Waals surface area (Å²) in [7, 11) is 0. The van der Waals surface area contributed by atoms with Crippen LogP contribution in [0.5, 0.6) is 0 Å². The largest absolute Gasteiger partial charge is 0.356 e. The SMILES string of the molecule is O=C(CC1C(=O)NCCN1Cc1ccccn1)NCCC1=CCCCC1. The van der Waals surface area contributed by atoms with Crippen LogP contribution in [0.15, 0.2) is 36.0 Å². The zero-order valence-corrected chi connectivity index (χ0v) is 15.2. The van der Waals surface area contributed by atoms with Crippen LogP contribution >= 0.6 is 0 Å². The first-order valence-electron chi connectivity index (χ1n) is 9.58. The first kappa shape index (κ1) is 18.6. The number of nitrogens with one attached hydrogen (secondary N) is 2. The van der Waals surface area contributed by atoms with Gasteiger partial charge in [-0.1, -0.05) is 17.7 Å². The Morgan fingerprint density at radius 3 is 3.04 bits per heavy atom. The van der Waals surface area contributed by atoms with E-state index in [2.05, 4.69) is 21.7 Å². The van der Waals surface area contributed by atoms with Gasteiger partial charge in [-0.15, -0.1) is 0 Å². The molecule has 1 aromatic rings. The summed E-state index contributed by atoms with van der Waals surface area (Å²) in [5.41, 5.74) is 2.36. The first-order chi connectivity index (χ1) is 12.7. The highest BCUT2D eigenvalue weighted by Crippen LogP contribution is 2.19. The van der Waals surface area contributed by atoms with Gasteiger partial charge in [-0.05, 0) is 44.2 Å². The maximum absolute atomic E-state index is 12.3. The van der Waals surface area contributed by atoms with Gasteiger partial charge in [0.25, 0.3) is 0 Å². The van der Waals surface area contributed by atoms with E-state index in [0.29, 0.717) is 19.6 Å². The van der Waals surface area contributed by atoms with Gasteiger partial charge in [0, 0.05) is 32.4 Å². The molecule has 2 amide bonds. The molecule has 1 unspecified atom stereocenters. The zero-order valence-electron chi connectivity index (χ0n) is 15.2. The molecule has 6 nitrogen and oxygen atoms in total. The number of allylic oxidation sites excluding steroid dienone is 1. The van der Waals surface area contributed by atoms with Gasteiger partial charge >= 0.3 is 0 Å².